The van der Waals surface area contributed by atoms with E-state index in [9.17, 15) is 9.59 Å². The molecule has 0 aliphatic rings. The molecule has 0 atom stereocenters. The molecule has 0 spiro atoms. The summed E-state index contributed by atoms with van der Waals surface area (Å²) < 4.78 is 12.6. The molecule has 4 N–H and O–H groups in total. The molecule has 0 saturated heterocycles. The van der Waals surface area contributed by atoms with Crippen molar-refractivity contribution in [2.75, 3.05) is 11.5 Å². The lowest BCUT2D eigenvalue weighted by atomic mass is 9.96. The van der Waals surface area contributed by atoms with Gasteiger partial charge in [-0.2, -0.15) is 0 Å². The molecular weight excluding hydrogens is 476 g/mol. The van der Waals surface area contributed by atoms with Crippen LogP contribution in [0.3, 0.4) is 0 Å². The van der Waals surface area contributed by atoms with E-state index in [1.165, 1.54) is 0 Å². The minimum absolute atomic E-state index is 0.113. The number of benzene rings is 5. The summed E-state index contributed by atoms with van der Waals surface area (Å²) in [6.07, 6.45) is 0. The van der Waals surface area contributed by atoms with E-state index in [0.29, 0.717) is 34.0 Å². The summed E-state index contributed by atoms with van der Waals surface area (Å²) in [6.45, 7) is 0. The molecule has 5 aromatic carbocycles. The third kappa shape index (κ3) is 5.24. The van der Waals surface area contributed by atoms with Gasteiger partial charge in [0.2, 0.25) is 0 Å². The molecule has 0 fully saturated rings. The van der Waals surface area contributed by atoms with Crippen LogP contribution in [-0.4, -0.2) is 11.6 Å². The molecule has 186 valence electrons. The summed E-state index contributed by atoms with van der Waals surface area (Å²) in [4.78, 5) is 27.3. The van der Waals surface area contributed by atoms with Crippen LogP contribution < -0.4 is 20.9 Å². The summed E-state index contributed by atoms with van der Waals surface area (Å²) in [5.74, 6) is 0.513. The molecule has 0 radical (unpaired) electrons. The van der Waals surface area contributed by atoms with Crippen molar-refractivity contribution in [3.8, 4) is 23.0 Å². The molecule has 6 nitrogen and oxygen atoms in total. The number of carbonyl (C=O) groups excluding carboxylic acids is 2. The highest BCUT2D eigenvalue weighted by molar-refractivity contribution is 6.15. The van der Waals surface area contributed by atoms with Crippen molar-refractivity contribution >= 4 is 22.9 Å². The van der Waals surface area contributed by atoms with Crippen molar-refractivity contribution in [1.82, 2.24) is 0 Å². The van der Waals surface area contributed by atoms with Crippen molar-refractivity contribution in [3.05, 3.63) is 144 Å². The minimum atomic E-state index is -0.281. The second-order valence-electron chi connectivity index (χ2n) is 8.55. The van der Waals surface area contributed by atoms with Crippen LogP contribution in [0.4, 0.5) is 11.4 Å². The molecule has 0 aromatic heterocycles. The standard InChI is InChI=1S/C32H24N2O4/c33-23-11-15-25(16-12-23)37-31-27(29(35)21-7-3-1-4-8-21)19-20-28(30(36)22-9-5-2-6-10-22)32(31)38-26-17-13-24(34)14-18-26/h1-20H,33-34H2. The summed E-state index contributed by atoms with van der Waals surface area (Å²) in [5, 5.41) is 0. The SMILES string of the molecule is Nc1ccc(Oc2c(C(=O)c3ccccc3)ccc(C(=O)c3ccccc3)c2Oc2ccc(N)cc2)cc1. The number of carbonyl (C=O) groups is 2. The monoisotopic (exact) mass is 500 g/mol. The number of nitrogens with two attached hydrogens (primary N) is 2. The van der Waals surface area contributed by atoms with Gasteiger partial charge in [0.1, 0.15) is 11.5 Å². The Morgan fingerprint density at radius 3 is 1.13 bits per heavy atom. The second-order valence-corrected chi connectivity index (χ2v) is 8.55. The Labute approximate surface area is 220 Å². The zero-order valence-corrected chi connectivity index (χ0v) is 20.3. The predicted molar refractivity (Wildman–Crippen MR) is 148 cm³/mol. The molecule has 0 saturated carbocycles. The van der Waals surface area contributed by atoms with Crippen LogP contribution >= 0.6 is 0 Å². The number of hydrogen-bond acceptors (Lipinski definition) is 6. The van der Waals surface area contributed by atoms with Crippen molar-refractivity contribution < 1.29 is 19.1 Å². The molecule has 38 heavy (non-hydrogen) atoms. The average Bonchev–Trinajstić information content (AvgIpc) is 2.96. The first-order valence-corrected chi connectivity index (χ1v) is 11.9. The number of rotatable bonds is 8. The number of ether oxygens (including phenoxy) is 2. The zero-order valence-electron chi connectivity index (χ0n) is 20.3. The van der Waals surface area contributed by atoms with Crippen LogP contribution in [0.15, 0.2) is 121 Å². The van der Waals surface area contributed by atoms with Gasteiger partial charge in [0.15, 0.2) is 23.1 Å². The fourth-order valence-electron chi connectivity index (χ4n) is 3.92. The topological polar surface area (TPSA) is 105 Å². The van der Waals surface area contributed by atoms with Crippen LogP contribution in [0, 0.1) is 0 Å². The Kier molecular flexibility index (Phi) is 6.87. The van der Waals surface area contributed by atoms with Gasteiger partial charge in [-0.25, -0.2) is 0 Å². The van der Waals surface area contributed by atoms with Gasteiger partial charge in [-0.1, -0.05) is 60.7 Å². The van der Waals surface area contributed by atoms with E-state index in [-0.39, 0.29) is 34.2 Å². The first kappa shape index (κ1) is 24.3. The molecule has 0 bridgehead atoms. The molecule has 0 aliphatic carbocycles. The third-order valence-corrected chi connectivity index (χ3v) is 5.87. The maximum Gasteiger partial charge on any atom is 0.196 e. The quantitative estimate of drug-likeness (QED) is 0.177. The summed E-state index contributed by atoms with van der Waals surface area (Å²) >= 11 is 0. The lowest BCUT2D eigenvalue weighted by Gasteiger charge is -2.19. The Hall–Kier alpha value is -5.36. The Morgan fingerprint density at radius 1 is 0.447 bits per heavy atom. The van der Waals surface area contributed by atoms with Gasteiger partial charge in [-0.3, -0.25) is 9.59 Å². The molecule has 0 amide bonds. The van der Waals surface area contributed by atoms with Crippen molar-refractivity contribution in [2.45, 2.75) is 0 Å². The number of nitrogen functional groups attached to an aromatic ring is 2. The van der Waals surface area contributed by atoms with E-state index in [2.05, 4.69) is 0 Å². The van der Waals surface area contributed by atoms with E-state index in [1.807, 2.05) is 12.1 Å². The number of ketones is 2. The van der Waals surface area contributed by atoms with E-state index in [1.54, 1.807) is 109 Å². The van der Waals surface area contributed by atoms with Crippen molar-refractivity contribution in [3.63, 3.8) is 0 Å². The molecule has 5 rings (SSSR count). The maximum atomic E-state index is 13.7. The Morgan fingerprint density at radius 2 is 0.789 bits per heavy atom. The zero-order chi connectivity index (χ0) is 26.5. The average molecular weight is 501 g/mol. The highest BCUT2D eigenvalue weighted by atomic mass is 16.5. The van der Waals surface area contributed by atoms with E-state index < -0.39 is 0 Å². The molecule has 0 aliphatic heterocycles. The van der Waals surface area contributed by atoms with Crippen LogP contribution in [0.5, 0.6) is 23.0 Å². The van der Waals surface area contributed by atoms with Crippen LogP contribution in [-0.2, 0) is 0 Å². The third-order valence-electron chi connectivity index (χ3n) is 5.87. The number of anilines is 2. The van der Waals surface area contributed by atoms with Gasteiger partial charge in [-0.15, -0.1) is 0 Å². The van der Waals surface area contributed by atoms with Gasteiger partial charge in [0, 0.05) is 22.5 Å². The van der Waals surface area contributed by atoms with Gasteiger partial charge < -0.3 is 20.9 Å². The molecular formula is C32H24N2O4. The lowest BCUT2D eigenvalue weighted by molar-refractivity contribution is 0.102. The van der Waals surface area contributed by atoms with Crippen LogP contribution in [0.1, 0.15) is 31.8 Å². The van der Waals surface area contributed by atoms with Gasteiger partial charge in [-0.05, 0) is 60.7 Å². The second kappa shape index (κ2) is 10.7. The van der Waals surface area contributed by atoms with E-state index >= 15 is 0 Å². The highest BCUT2D eigenvalue weighted by Crippen LogP contribution is 2.42. The Balaban J connectivity index is 1.72. The smallest absolute Gasteiger partial charge is 0.196 e. The van der Waals surface area contributed by atoms with Crippen molar-refractivity contribution in [2.24, 2.45) is 0 Å². The van der Waals surface area contributed by atoms with E-state index in [0.717, 1.165) is 0 Å². The molecule has 0 unspecified atom stereocenters. The largest absolute Gasteiger partial charge is 0.453 e. The summed E-state index contributed by atoms with van der Waals surface area (Å²) in [5.41, 5.74) is 14.2. The normalized spacial score (nSPS) is 10.5. The molecule has 0 heterocycles. The predicted octanol–water partition coefficient (Wildman–Crippen LogP) is 6.90. The Bertz CT molecular complexity index is 1460. The van der Waals surface area contributed by atoms with Gasteiger partial charge in [0.05, 0.1) is 11.1 Å². The fraction of sp³-hybridized carbons (Fsp3) is 0. The first-order chi connectivity index (χ1) is 18.5. The van der Waals surface area contributed by atoms with Crippen LogP contribution in [0.2, 0.25) is 0 Å². The first-order valence-electron chi connectivity index (χ1n) is 11.9. The van der Waals surface area contributed by atoms with E-state index in [4.69, 9.17) is 20.9 Å². The minimum Gasteiger partial charge on any atom is -0.453 e. The van der Waals surface area contributed by atoms with Crippen LogP contribution in [0.25, 0.3) is 0 Å². The summed E-state index contributed by atoms with van der Waals surface area (Å²) in [6, 6.07) is 34.4. The molecule has 6 heteroatoms. The highest BCUT2D eigenvalue weighted by Gasteiger charge is 2.27. The fourth-order valence-corrected chi connectivity index (χ4v) is 3.92. The maximum absolute atomic E-state index is 13.7. The van der Waals surface area contributed by atoms with Gasteiger partial charge >= 0.3 is 0 Å². The van der Waals surface area contributed by atoms with Crippen molar-refractivity contribution in [1.29, 1.82) is 0 Å². The molecule has 5 aromatic rings. The van der Waals surface area contributed by atoms with Gasteiger partial charge in [0.25, 0.3) is 0 Å². The summed E-state index contributed by atoms with van der Waals surface area (Å²) in [7, 11) is 0. The number of hydrogen-bond donors (Lipinski definition) is 2. The lowest BCUT2D eigenvalue weighted by Crippen LogP contribution is -2.10.